The second-order valence-corrected chi connectivity index (χ2v) is 6.14. The van der Waals surface area contributed by atoms with Gasteiger partial charge in [-0.15, -0.1) is 0 Å². The third-order valence-electron chi connectivity index (χ3n) is 4.02. The highest BCUT2D eigenvalue weighted by molar-refractivity contribution is 6.02. The number of anilines is 1. The van der Waals surface area contributed by atoms with Crippen molar-refractivity contribution < 1.29 is 28.7 Å². The maximum absolute atomic E-state index is 12.3. The van der Waals surface area contributed by atoms with E-state index in [1.807, 2.05) is 0 Å². The highest BCUT2D eigenvalue weighted by Gasteiger charge is 2.21. The largest absolute Gasteiger partial charge is 0.482 e. The molecule has 0 aromatic heterocycles. The van der Waals surface area contributed by atoms with E-state index in [0.717, 1.165) is 0 Å². The molecule has 0 saturated carbocycles. The van der Waals surface area contributed by atoms with Crippen LogP contribution in [-0.2, 0) is 14.3 Å². The summed E-state index contributed by atoms with van der Waals surface area (Å²) in [5.74, 6) is -1.44. The van der Waals surface area contributed by atoms with Gasteiger partial charge in [-0.05, 0) is 37.3 Å². The van der Waals surface area contributed by atoms with Gasteiger partial charge in [-0.1, -0.05) is 18.2 Å². The number of benzene rings is 2. The monoisotopic (exact) mass is 382 g/mol. The number of carbonyl (C=O) groups is 4. The summed E-state index contributed by atoms with van der Waals surface area (Å²) in [6.45, 7) is 0.905. The Morgan fingerprint density at radius 3 is 2.64 bits per heavy atom. The number of hydrogen-bond donors (Lipinski definition) is 2. The second-order valence-electron chi connectivity index (χ2n) is 6.14. The molecule has 2 aromatic rings. The maximum Gasteiger partial charge on any atom is 0.328 e. The molecule has 1 atom stereocenters. The van der Waals surface area contributed by atoms with Crippen LogP contribution in [0.5, 0.6) is 5.75 Å². The van der Waals surface area contributed by atoms with Gasteiger partial charge in [0.15, 0.2) is 19.0 Å². The minimum Gasteiger partial charge on any atom is -0.482 e. The Morgan fingerprint density at radius 2 is 1.89 bits per heavy atom. The van der Waals surface area contributed by atoms with E-state index < -0.39 is 30.3 Å². The molecule has 1 aliphatic rings. The van der Waals surface area contributed by atoms with Crippen LogP contribution >= 0.6 is 0 Å². The predicted octanol–water partition coefficient (Wildman–Crippen LogP) is 1.56. The Morgan fingerprint density at radius 1 is 1.14 bits per heavy atom. The van der Waals surface area contributed by atoms with Gasteiger partial charge in [0.25, 0.3) is 11.8 Å². The van der Waals surface area contributed by atoms with Crippen LogP contribution in [0.4, 0.5) is 5.69 Å². The Kier molecular flexibility index (Phi) is 5.69. The van der Waals surface area contributed by atoms with Crippen LogP contribution in [0.2, 0.25) is 0 Å². The molecule has 0 fully saturated rings. The highest BCUT2D eigenvalue weighted by atomic mass is 16.5. The minimum atomic E-state index is -0.920. The number of Topliss-reactive ketones (excluding diaryl/α,β-unsaturated/α-hetero) is 1. The normalized spacial score (nSPS) is 13.4. The van der Waals surface area contributed by atoms with Gasteiger partial charge in [0.2, 0.25) is 0 Å². The Balaban J connectivity index is 1.54. The first kappa shape index (κ1) is 19.1. The van der Waals surface area contributed by atoms with Crippen molar-refractivity contribution in [3.63, 3.8) is 0 Å². The third kappa shape index (κ3) is 4.53. The van der Waals surface area contributed by atoms with Crippen LogP contribution in [0, 0.1) is 0 Å². The summed E-state index contributed by atoms with van der Waals surface area (Å²) in [7, 11) is 0. The zero-order valence-corrected chi connectivity index (χ0v) is 15.1. The van der Waals surface area contributed by atoms with Crippen LogP contribution in [0.1, 0.15) is 27.6 Å². The summed E-state index contributed by atoms with van der Waals surface area (Å²) in [5.41, 5.74) is 1.06. The van der Waals surface area contributed by atoms with Crippen molar-refractivity contribution in [2.45, 2.75) is 13.0 Å². The molecule has 2 N–H and O–H groups in total. The molecule has 0 aliphatic carbocycles. The number of carbonyl (C=O) groups excluding carboxylic acids is 4. The van der Waals surface area contributed by atoms with Gasteiger partial charge in [0.05, 0.1) is 5.69 Å². The molecule has 0 radical (unpaired) electrons. The average Bonchev–Trinajstić information content (AvgIpc) is 2.71. The molecule has 0 unspecified atom stereocenters. The van der Waals surface area contributed by atoms with Crippen molar-refractivity contribution in [2.75, 3.05) is 18.5 Å². The molecular weight excluding hydrogens is 364 g/mol. The summed E-state index contributed by atoms with van der Waals surface area (Å²) in [6, 6.07) is 12.1. The molecule has 8 heteroatoms. The fraction of sp³-hybridized carbons (Fsp3) is 0.200. The van der Waals surface area contributed by atoms with E-state index in [9.17, 15) is 19.2 Å². The van der Waals surface area contributed by atoms with Crippen molar-refractivity contribution in [2.24, 2.45) is 0 Å². The Labute approximate surface area is 160 Å². The molecule has 144 valence electrons. The van der Waals surface area contributed by atoms with E-state index in [1.54, 1.807) is 36.4 Å². The smallest absolute Gasteiger partial charge is 0.328 e. The van der Waals surface area contributed by atoms with Crippen molar-refractivity contribution in [3.05, 3.63) is 59.7 Å². The lowest BCUT2D eigenvalue weighted by Crippen LogP contribution is -2.40. The van der Waals surface area contributed by atoms with E-state index in [2.05, 4.69) is 10.6 Å². The number of ketones is 1. The minimum absolute atomic E-state index is 0.0789. The summed E-state index contributed by atoms with van der Waals surface area (Å²) in [5, 5.41) is 5.12. The number of hydrogen-bond acceptors (Lipinski definition) is 6. The van der Waals surface area contributed by atoms with Gasteiger partial charge >= 0.3 is 5.97 Å². The van der Waals surface area contributed by atoms with Crippen LogP contribution in [-0.4, -0.2) is 42.8 Å². The van der Waals surface area contributed by atoms with Crippen LogP contribution in [0.15, 0.2) is 48.5 Å². The number of amides is 2. The molecule has 3 rings (SSSR count). The predicted molar refractivity (Wildman–Crippen MR) is 99.2 cm³/mol. The van der Waals surface area contributed by atoms with Crippen molar-refractivity contribution in [3.8, 4) is 5.75 Å². The standard InChI is InChI=1S/C20H18N2O6/c1-12(21-19(25)13-5-3-2-4-6-13)20(26)28-10-16(23)14-7-8-17-15(9-14)22-18(24)11-27-17/h2-9,12H,10-11H2,1H3,(H,21,25)(H,22,24)/t12-/m0/s1. The highest BCUT2D eigenvalue weighted by Crippen LogP contribution is 2.28. The van der Waals surface area contributed by atoms with Crippen molar-refractivity contribution >= 4 is 29.3 Å². The quantitative estimate of drug-likeness (QED) is 0.579. The zero-order chi connectivity index (χ0) is 20.1. The van der Waals surface area contributed by atoms with Gasteiger partial charge in [-0.25, -0.2) is 4.79 Å². The molecule has 2 amide bonds. The lowest BCUT2D eigenvalue weighted by Gasteiger charge is -2.18. The first-order chi connectivity index (χ1) is 13.4. The fourth-order valence-electron chi connectivity index (χ4n) is 2.53. The molecule has 2 aromatic carbocycles. The number of ether oxygens (including phenoxy) is 2. The summed E-state index contributed by atoms with van der Waals surface area (Å²) in [4.78, 5) is 47.7. The maximum atomic E-state index is 12.3. The fourth-order valence-corrected chi connectivity index (χ4v) is 2.53. The molecule has 0 saturated heterocycles. The van der Waals surface area contributed by atoms with Gasteiger partial charge < -0.3 is 20.1 Å². The van der Waals surface area contributed by atoms with E-state index in [1.165, 1.54) is 19.1 Å². The zero-order valence-electron chi connectivity index (χ0n) is 15.1. The van der Waals surface area contributed by atoms with E-state index in [-0.39, 0.29) is 18.1 Å². The van der Waals surface area contributed by atoms with Crippen molar-refractivity contribution in [1.29, 1.82) is 0 Å². The summed E-state index contributed by atoms with van der Waals surface area (Å²) < 4.78 is 10.2. The first-order valence-electron chi connectivity index (χ1n) is 8.56. The van der Waals surface area contributed by atoms with Gasteiger partial charge in [0, 0.05) is 11.1 Å². The summed E-state index contributed by atoms with van der Waals surface area (Å²) in [6.07, 6.45) is 0. The van der Waals surface area contributed by atoms with Crippen LogP contribution < -0.4 is 15.4 Å². The third-order valence-corrected chi connectivity index (χ3v) is 4.02. The average molecular weight is 382 g/mol. The van der Waals surface area contributed by atoms with Gasteiger partial charge in [0.1, 0.15) is 11.8 Å². The Hall–Kier alpha value is -3.68. The van der Waals surface area contributed by atoms with Crippen molar-refractivity contribution in [1.82, 2.24) is 5.32 Å². The molecule has 0 bridgehead atoms. The molecule has 28 heavy (non-hydrogen) atoms. The SMILES string of the molecule is C[C@H](NC(=O)c1ccccc1)C(=O)OCC(=O)c1ccc2c(c1)NC(=O)CO2. The second kappa shape index (κ2) is 8.34. The Bertz CT molecular complexity index is 926. The number of nitrogens with one attached hydrogen (secondary N) is 2. The number of fused-ring (bicyclic) bond motifs is 1. The van der Waals surface area contributed by atoms with Crippen LogP contribution in [0.25, 0.3) is 0 Å². The van der Waals surface area contributed by atoms with E-state index in [0.29, 0.717) is 17.0 Å². The van der Waals surface area contributed by atoms with Crippen LogP contribution in [0.3, 0.4) is 0 Å². The molecule has 8 nitrogen and oxygen atoms in total. The first-order valence-corrected chi connectivity index (χ1v) is 8.56. The molecular formula is C20H18N2O6. The molecule has 0 spiro atoms. The van der Waals surface area contributed by atoms with E-state index in [4.69, 9.17) is 9.47 Å². The number of esters is 1. The van der Waals surface area contributed by atoms with E-state index >= 15 is 0 Å². The lowest BCUT2D eigenvalue weighted by molar-refractivity contribution is -0.144. The summed E-state index contributed by atoms with van der Waals surface area (Å²) >= 11 is 0. The van der Waals surface area contributed by atoms with Gasteiger partial charge in [-0.2, -0.15) is 0 Å². The lowest BCUT2D eigenvalue weighted by atomic mass is 10.1. The molecule has 1 heterocycles. The topological polar surface area (TPSA) is 111 Å². The van der Waals surface area contributed by atoms with Gasteiger partial charge in [-0.3, -0.25) is 14.4 Å². The molecule has 1 aliphatic heterocycles. The number of rotatable bonds is 6.